The van der Waals surface area contributed by atoms with Gasteiger partial charge in [0.1, 0.15) is 11.5 Å². The van der Waals surface area contributed by atoms with E-state index in [-0.39, 0.29) is 39.2 Å². The number of anilines is 6. The summed E-state index contributed by atoms with van der Waals surface area (Å²) in [7, 11) is 0. The zero-order valence-corrected chi connectivity index (χ0v) is 44.5. The minimum Gasteiger partial charge on any atom is -0.458 e. The van der Waals surface area contributed by atoms with Crippen LogP contribution in [-0.4, -0.2) is 6.71 Å². The van der Waals surface area contributed by atoms with Gasteiger partial charge in [-0.05, 0) is 162 Å². The van der Waals surface area contributed by atoms with E-state index >= 15 is 0 Å². The van der Waals surface area contributed by atoms with E-state index in [9.17, 15) is 0 Å². The summed E-state index contributed by atoms with van der Waals surface area (Å²) in [5.74, 6) is 1.82. The monoisotopic (exact) mass is 921 g/mol. The van der Waals surface area contributed by atoms with Gasteiger partial charge in [0.2, 0.25) is 0 Å². The van der Waals surface area contributed by atoms with Crippen molar-refractivity contribution in [1.82, 2.24) is 0 Å². The molecule has 0 atom stereocenters. The molecule has 0 amide bonds. The molecule has 0 spiro atoms. The van der Waals surface area contributed by atoms with Crippen molar-refractivity contribution in [2.45, 2.75) is 155 Å². The number of ether oxygens (including phenoxy) is 1. The first-order valence-corrected chi connectivity index (χ1v) is 26.1. The van der Waals surface area contributed by atoms with Crippen molar-refractivity contribution in [1.29, 1.82) is 0 Å². The van der Waals surface area contributed by atoms with Crippen molar-refractivity contribution in [3.63, 3.8) is 0 Å². The van der Waals surface area contributed by atoms with Gasteiger partial charge in [0.05, 0.1) is 11.4 Å². The molecule has 3 nitrogen and oxygen atoms in total. The lowest BCUT2D eigenvalue weighted by Gasteiger charge is -2.43. The van der Waals surface area contributed by atoms with Gasteiger partial charge in [-0.3, -0.25) is 0 Å². The molecule has 2 aliphatic heterocycles. The van der Waals surface area contributed by atoms with Crippen LogP contribution in [0.25, 0.3) is 11.1 Å². The van der Waals surface area contributed by atoms with Crippen molar-refractivity contribution >= 4 is 57.2 Å². The molecule has 0 unspecified atom stereocenters. The van der Waals surface area contributed by atoms with Crippen LogP contribution in [-0.2, 0) is 32.5 Å². The summed E-state index contributed by atoms with van der Waals surface area (Å²) in [6.45, 7) is 33.3. The van der Waals surface area contributed by atoms with Gasteiger partial charge in [-0.1, -0.05) is 182 Å². The maximum Gasteiger partial charge on any atom is 0.256 e. The Bertz CT molecular complexity index is 3230. The van der Waals surface area contributed by atoms with E-state index in [1.807, 2.05) is 0 Å². The van der Waals surface area contributed by atoms with Crippen LogP contribution in [0.2, 0.25) is 0 Å². The number of nitrogens with zero attached hydrogens (tertiary/aromatic N) is 2. The Labute approximate surface area is 420 Å². The van der Waals surface area contributed by atoms with Crippen LogP contribution in [0.15, 0.2) is 140 Å². The zero-order valence-electron chi connectivity index (χ0n) is 44.5. The highest BCUT2D eigenvalue weighted by atomic mass is 16.5. The molecule has 0 saturated heterocycles. The summed E-state index contributed by atoms with van der Waals surface area (Å²) in [6, 6.07) is 54.0. The van der Waals surface area contributed by atoms with E-state index in [4.69, 9.17) is 4.74 Å². The quantitative estimate of drug-likeness (QED) is 0.160. The Morgan fingerprint density at radius 2 is 1.04 bits per heavy atom. The fourth-order valence-corrected chi connectivity index (χ4v) is 12.5. The van der Waals surface area contributed by atoms with Crippen LogP contribution < -0.4 is 30.9 Å². The molecule has 4 heteroatoms. The molecule has 0 radical (unpaired) electrons. The Morgan fingerprint density at radius 1 is 0.471 bits per heavy atom. The van der Waals surface area contributed by atoms with Gasteiger partial charge >= 0.3 is 0 Å². The number of para-hydroxylation sites is 2. The van der Waals surface area contributed by atoms with E-state index in [1.165, 1.54) is 85.8 Å². The van der Waals surface area contributed by atoms with Crippen molar-refractivity contribution in [2.75, 3.05) is 9.80 Å². The highest BCUT2D eigenvalue weighted by Gasteiger charge is 2.44. The van der Waals surface area contributed by atoms with Gasteiger partial charge in [0.25, 0.3) is 6.71 Å². The van der Waals surface area contributed by atoms with Crippen LogP contribution >= 0.6 is 0 Å². The van der Waals surface area contributed by atoms with E-state index in [1.54, 1.807) is 0 Å². The van der Waals surface area contributed by atoms with Gasteiger partial charge in [-0.25, -0.2) is 0 Å². The minimum absolute atomic E-state index is 0.0120. The van der Waals surface area contributed by atoms with Crippen molar-refractivity contribution in [3.8, 4) is 22.6 Å². The molecule has 2 aliphatic carbocycles. The summed E-state index contributed by atoms with van der Waals surface area (Å²) < 4.78 is 7.26. The molecule has 0 N–H and O–H groups in total. The molecule has 7 aromatic rings. The van der Waals surface area contributed by atoms with Crippen LogP contribution in [0.4, 0.5) is 34.1 Å². The third-order valence-corrected chi connectivity index (χ3v) is 17.2. The molecular weight excluding hydrogens is 848 g/mol. The van der Waals surface area contributed by atoms with E-state index < -0.39 is 0 Å². The number of hydrogen-bond acceptors (Lipinski definition) is 3. The summed E-state index contributed by atoms with van der Waals surface area (Å²) in [6.07, 6.45) is 4.68. The lowest BCUT2D eigenvalue weighted by Crippen LogP contribution is -2.59. The van der Waals surface area contributed by atoms with Gasteiger partial charge in [0.15, 0.2) is 0 Å². The largest absolute Gasteiger partial charge is 0.458 e. The van der Waals surface area contributed by atoms with Crippen LogP contribution in [0, 0.1) is 0 Å². The van der Waals surface area contributed by atoms with Crippen LogP contribution in [0.1, 0.15) is 156 Å². The van der Waals surface area contributed by atoms with E-state index in [0.29, 0.717) is 0 Å². The third kappa shape index (κ3) is 7.53. The molecule has 4 aliphatic rings. The summed E-state index contributed by atoms with van der Waals surface area (Å²) in [5, 5.41) is 0. The maximum atomic E-state index is 7.26. The minimum atomic E-state index is -0.0254. The smallest absolute Gasteiger partial charge is 0.256 e. The second kappa shape index (κ2) is 15.8. The van der Waals surface area contributed by atoms with Crippen molar-refractivity contribution in [2.24, 2.45) is 0 Å². The molecule has 2 heterocycles. The number of benzene rings is 7. The maximum absolute atomic E-state index is 7.26. The topological polar surface area (TPSA) is 15.7 Å². The molecule has 11 rings (SSSR count). The normalized spacial score (nSPS) is 17.9. The van der Waals surface area contributed by atoms with Crippen molar-refractivity contribution in [3.05, 3.63) is 173 Å². The zero-order chi connectivity index (χ0) is 49.5. The van der Waals surface area contributed by atoms with Gasteiger partial charge in [-0.2, -0.15) is 0 Å². The van der Waals surface area contributed by atoms with Crippen LogP contribution in [0.5, 0.6) is 11.5 Å². The Morgan fingerprint density at radius 3 is 1.70 bits per heavy atom. The number of rotatable bonds is 5. The summed E-state index contributed by atoms with van der Waals surface area (Å²) >= 11 is 0. The number of hydrogen-bond donors (Lipinski definition) is 0. The Balaban J connectivity index is 1.20. The average molecular weight is 921 g/mol. The van der Waals surface area contributed by atoms with Gasteiger partial charge in [-0.15, -0.1) is 0 Å². The highest BCUT2D eigenvalue weighted by molar-refractivity contribution is 6.99. The third-order valence-electron chi connectivity index (χ3n) is 17.2. The van der Waals surface area contributed by atoms with E-state index in [2.05, 4.69) is 246 Å². The molecular formula is C66H73BN2O. The standard InChI is InChI=1S/C66H73BN2O/c1-61(2,3)43-24-27-45(28-25-43)69-56-32-26-44(62(4,5)6)38-54(56)67-53-20-16-18-22-58(53)70-59-41-47(40-57(69)60(59)67)68(46-29-31-50-52(39-46)66(13,14)36-34-64(50,9)10)55-21-17-15-19-48(55)42-23-30-49-51(37-42)65(11,12)35-33-63(49,7)8/h15-32,37-41H,33-36H2,1-14H3. The molecule has 7 aromatic carbocycles. The van der Waals surface area contributed by atoms with Crippen LogP contribution in [0.3, 0.4) is 0 Å². The fourth-order valence-electron chi connectivity index (χ4n) is 12.5. The predicted molar refractivity (Wildman–Crippen MR) is 300 cm³/mol. The predicted octanol–water partition coefficient (Wildman–Crippen LogP) is 16.5. The number of fused-ring (bicyclic) bond motifs is 6. The SMILES string of the molecule is CC(C)(C)c1ccc(N2c3ccc(C(C)(C)C)cc3B3c4ccccc4Oc4cc(N(c5ccc6c(c5)C(C)(C)CCC6(C)C)c5ccccc5-c5ccc6c(c5)C(C)(C)CCC6(C)C)cc2c43)cc1. The fraction of sp³-hybridized carbons (Fsp3) is 0.364. The second-order valence-corrected chi connectivity index (χ2v) is 26.0. The summed E-state index contributed by atoms with van der Waals surface area (Å²) in [4.78, 5) is 5.08. The highest BCUT2D eigenvalue weighted by Crippen LogP contribution is 2.53. The lowest BCUT2D eigenvalue weighted by atomic mass is 9.34. The molecule has 0 fully saturated rings. The Hall–Kier alpha value is -6.00. The summed E-state index contributed by atoms with van der Waals surface area (Å²) in [5.41, 5.74) is 21.9. The first-order valence-electron chi connectivity index (χ1n) is 26.1. The first-order chi connectivity index (χ1) is 32.9. The molecule has 356 valence electrons. The first kappa shape index (κ1) is 46.4. The molecule has 0 aromatic heterocycles. The Kier molecular flexibility index (Phi) is 10.4. The van der Waals surface area contributed by atoms with E-state index in [0.717, 1.165) is 46.4 Å². The molecule has 0 bridgehead atoms. The molecule has 70 heavy (non-hydrogen) atoms. The average Bonchev–Trinajstić information content (AvgIpc) is 3.31. The lowest BCUT2D eigenvalue weighted by molar-refractivity contribution is 0.332. The van der Waals surface area contributed by atoms with Gasteiger partial charge in [0, 0.05) is 34.4 Å². The molecule has 0 saturated carbocycles. The second-order valence-electron chi connectivity index (χ2n) is 26.0. The van der Waals surface area contributed by atoms with Crippen molar-refractivity contribution < 1.29 is 4.74 Å². The van der Waals surface area contributed by atoms with Gasteiger partial charge < -0.3 is 14.5 Å².